The van der Waals surface area contributed by atoms with Crippen molar-refractivity contribution in [3.8, 4) is 22.5 Å². The zero-order chi connectivity index (χ0) is 23.8. The molecule has 0 aliphatic carbocycles. The molecule has 0 aliphatic rings. The number of anilines is 1. The number of fused-ring (bicyclic) bond motifs is 1. The fraction of sp³-hybridized carbons (Fsp3) is 0.0741. The Balaban J connectivity index is 1.55. The maximum atomic E-state index is 14.6. The Labute approximate surface area is 194 Å². The zero-order valence-corrected chi connectivity index (χ0v) is 18.5. The summed E-state index contributed by atoms with van der Waals surface area (Å²) in [6, 6.07) is 16.1. The number of nitrogens with zero attached hydrogens (tertiary/aromatic N) is 3. The molecule has 0 fully saturated rings. The largest absolute Gasteiger partial charge is 0.322 e. The summed E-state index contributed by atoms with van der Waals surface area (Å²) < 4.78 is 29.6. The van der Waals surface area contributed by atoms with Crippen molar-refractivity contribution in [3.05, 3.63) is 108 Å². The van der Waals surface area contributed by atoms with Crippen LogP contribution in [0, 0.1) is 25.5 Å². The molecule has 1 amide bonds. The van der Waals surface area contributed by atoms with Crippen molar-refractivity contribution in [3.63, 3.8) is 0 Å². The van der Waals surface area contributed by atoms with Gasteiger partial charge in [-0.2, -0.15) is 0 Å². The third-order valence-corrected chi connectivity index (χ3v) is 5.68. The van der Waals surface area contributed by atoms with E-state index < -0.39 is 0 Å². The molecule has 0 unspecified atom stereocenters. The second kappa shape index (κ2) is 8.51. The highest BCUT2D eigenvalue weighted by molar-refractivity contribution is 6.05. The second-order valence-corrected chi connectivity index (χ2v) is 8.06. The molecule has 5 nitrogen and oxygen atoms in total. The summed E-state index contributed by atoms with van der Waals surface area (Å²) in [5.74, 6) is -0.573. The predicted octanol–water partition coefficient (Wildman–Crippen LogP) is 6.21. The van der Waals surface area contributed by atoms with Crippen molar-refractivity contribution in [1.82, 2.24) is 14.4 Å². The van der Waals surface area contributed by atoms with Gasteiger partial charge in [-0.05, 0) is 67.9 Å². The lowest BCUT2D eigenvalue weighted by atomic mass is 10.0. The van der Waals surface area contributed by atoms with E-state index in [9.17, 15) is 13.6 Å². The third-order valence-electron chi connectivity index (χ3n) is 5.68. The average molecular weight is 454 g/mol. The Morgan fingerprint density at radius 2 is 1.71 bits per heavy atom. The molecule has 0 bridgehead atoms. The minimum absolute atomic E-state index is 0.338. The van der Waals surface area contributed by atoms with Crippen LogP contribution < -0.4 is 5.32 Å². The molecule has 5 rings (SSSR count). The fourth-order valence-electron chi connectivity index (χ4n) is 3.91. The molecule has 1 N–H and O–H groups in total. The highest BCUT2D eigenvalue weighted by Gasteiger charge is 2.17. The maximum absolute atomic E-state index is 14.6. The number of imidazole rings is 1. The Morgan fingerprint density at radius 1 is 0.912 bits per heavy atom. The minimum Gasteiger partial charge on any atom is -0.322 e. The molecule has 168 valence electrons. The molecule has 0 spiro atoms. The topological polar surface area (TPSA) is 59.3 Å². The summed E-state index contributed by atoms with van der Waals surface area (Å²) in [4.78, 5) is 21.8. The van der Waals surface area contributed by atoms with Crippen LogP contribution in [0.3, 0.4) is 0 Å². The van der Waals surface area contributed by atoms with Gasteiger partial charge in [-0.25, -0.2) is 13.8 Å². The molecule has 7 heteroatoms. The average Bonchev–Trinajstić information content (AvgIpc) is 3.25. The van der Waals surface area contributed by atoms with Gasteiger partial charge in [0.25, 0.3) is 5.91 Å². The van der Waals surface area contributed by atoms with E-state index in [2.05, 4.69) is 15.3 Å². The maximum Gasteiger partial charge on any atom is 0.257 e. The van der Waals surface area contributed by atoms with Crippen molar-refractivity contribution in [2.24, 2.45) is 0 Å². The Hall–Kier alpha value is -4.39. The summed E-state index contributed by atoms with van der Waals surface area (Å²) >= 11 is 0. The van der Waals surface area contributed by atoms with E-state index in [-0.39, 0.29) is 17.5 Å². The van der Waals surface area contributed by atoms with E-state index in [1.54, 1.807) is 31.5 Å². The van der Waals surface area contributed by atoms with Crippen LogP contribution in [-0.2, 0) is 0 Å². The zero-order valence-electron chi connectivity index (χ0n) is 18.5. The SMILES string of the molecule is Cc1ccc(-c2ncc3c(-c4cnc(C)c(C(=O)Nc5ccc(F)cc5)c4)cccn23)c(F)c1. The number of carbonyl (C=O) groups is 1. The van der Waals surface area contributed by atoms with Gasteiger partial charge >= 0.3 is 0 Å². The van der Waals surface area contributed by atoms with Crippen LogP contribution >= 0.6 is 0 Å². The quantitative estimate of drug-likeness (QED) is 0.351. The van der Waals surface area contributed by atoms with E-state index >= 15 is 0 Å². The van der Waals surface area contributed by atoms with Crippen LogP contribution in [0.4, 0.5) is 14.5 Å². The highest BCUT2D eigenvalue weighted by Crippen LogP contribution is 2.30. The smallest absolute Gasteiger partial charge is 0.257 e. The van der Waals surface area contributed by atoms with Crippen LogP contribution in [0.5, 0.6) is 0 Å². The van der Waals surface area contributed by atoms with Crippen LogP contribution in [0.15, 0.2) is 79.3 Å². The Kier molecular flexibility index (Phi) is 5.37. The van der Waals surface area contributed by atoms with Gasteiger partial charge in [-0.15, -0.1) is 0 Å². The van der Waals surface area contributed by atoms with Gasteiger partial charge in [0.05, 0.1) is 28.5 Å². The van der Waals surface area contributed by atoms with Gasteiger partial charge < -0.3 is 5.32 Å². The van der Waals surface area contributed by atoms with Gasteiger partial charge in [-0.3, -0.25) is 14.2 Å². The van der Waals surface area contributed by atoms with Crippen LogP contribution in [0.1, 0.15) is 21.6 Å². The summed E-state index contributed by atoms with van der Waals surface area (Å²) in [5, 5.41) is 2.77. The molecular formula is C27H20F2N4O. The molecule has 0 saturated carbocycles. The van der Waals surface area contributed by atoms with Crippen molar-refractivity contribution in [2.75, 3.05) is 5.32 Å². The first-order valence-corrected chi connectivity index (χ1v) is 10.7. The summed E-state index contributed by atoms with van der Waals surface area (Å²) in [6.07, 6.45) is 5.20. The number of hydrogen-bond acceptors (Lipinski definition) is 3. The van der Waals surface area contributed by atoms with E-state index in [1.807, 2.05) is 35.7 Å². The normalized spacial score (nSPS) is 11.1. The number of carbonyl (C=O) groups excluding carboxylic acids is 1. The van der Waals surface area contributed by atoms with E-state index in [4.69, 9.17) is 0 Å². The number of amides is 1. The molecule has 2 aromatic carbocycles. The molecule has 0 radical (unpaired) electrons. The van der Waals surface area contributed by atoms with Crippen molar-refractivity contribution in [2.45, 2.75) is 13.8 Å². The predicted molar refractivity (Wildman–Crippen MR) is 128 cm³/mol. The van der Waals surface area contributed by atoms with E-state index in [0.717, 1.165) is 22.2 Å². The van der Waals surface area contributed by atoms with Crippen molar-refractivity contribution >= 4 is 17.1 Å². The van der Waals surface area contributed by atoms with Crippen LogP contribution in [-0.4, -0.2) is 20.3 Å². The fourth-order valence-corrected chi connectivity index (χ4v) is 3.91. The number of aryl methyl sites for hydroxylation is 2. The number of rotatable bonds is 4. The first kappa shape index (κ1) is 21.5. The van der Waals surface area contributed by atoms with Gasteiger partial charge in [0.1, 0.15) is 17.5 Å². The summed E-state index contributed by atoms with van der Waals surface area (Å²) in [5.41, 5.74) is 4.96. The molecule has 3 heterocycles. The number of benzene rings is 2. The van der Waals surface area contributed by atoms with Crippen LogP contribution in [0.25, 0.3) is 28.0 Å². The Bertz CT molecular complexity index is 1540. The van der Waals surface area contributed by atoms with Gasteiger partial charge in [0, 0.05) is 29.2 Å². The standard InChI is InChI=1S/C27H20F2N4O/c1-16-5-10-22(24(29)12-16)26-31-15-25-21(4-3-11-33(25)26)18-13-23(17(2)30-14-18)27(34)32-20-8-6-19(28)7-9-20/h3-15H,1-2H3,(H,32,34). The monoisotopic (exact) mass is 454 g/mol. The molecule has 5 aromatic rings. The van der Waals surface area contributed by atoms with E-state index in [1.165, 1.54) is 30.3 Å². The minimum atomic E-state index is -0.378. The number of hydrogen-bond donors (Lipinski definition) is 1. The number of aromatic nitrogens is 3. The number of halogens is 2. The lowest BCUT2D eigenvalue weighted by Crippen LogP contribution is -2.14. The molecular weight excluding hydrogens is 434 g/mol. The Morgan fingerprint density at radius 3 is 2.47 bits per heavy atom. The second-order valence-electron chi connectivity index (χ2n) is 8.06. The lowest BCUT2D eigenvalue weighted by Gasteiger charge is -2.11. The van der Waals surface area contributed by atoms with E-state index in [0.29, 0.717) is 28.3 Å². The lowest BCUT2D eigenvalue weighted by molar-refractivity contribution is 0.102. The highest BCUT2D eigenvalue weighted by atomic mass is 19.1. The number of nitrogens with one attached hydrogen (secondary N) is 1. The molecule has 0 saturated heterocycles. The molecule has 34 heavy (non-hydrogen) atoms. The van der Waals surface area contributed by atoms with Gasteiger partial charge in [0.2, 0.25) is 0 Å². The summed E-state index contributed by atoms with van der Waals surface area (Å²) in [7, 11) is 0. The summed E-state index contributed by atoms with van der Waals surface area (Å²) in [6.45, 7) is 3.59. The van der Waals surface area contributed by atoms with Gasteiger partial charge in [0.15, 0.2) is 0 Å². The molecule has 0 atom stereocenters. The number of pyridine rings is 2. The van der Waals surface area contributed by atoms with Crippen molar-refractivity contribution < 1.29 is 13.6 Å². The first-order chi connectivity index (χ1) is 16.4. The van der Waals surface area contributed by atoms with Crippen LogP contribution in [0.2, 0.25) is 0 Å². The first-order valence-electron chi connectivity index (χ1n) is 10.7. The van der Waals surface area contributed by atoms with Crippen molar-refractivity contribution in [1.29, 1.82) is 0 Å². The third kappa shape index (κ3) is 3.92. The van der Waals surface area contributed by atoms with Gasteiger partial charge in [-0.1, -0.05) is 12.1 Å². The molecule has 3 aromatic heterocycles. The molecule has 0 aliphatic heterocycles.